The standard InChI is InChI=1S/C19H18ClN3O2/c1-13-16(20)7-5-9-18(13)23(14(2)24)11-10-19(25)22-17-8-4-3-6-15(17)12-21/h3-9H,10-11H2,1-2H3,(H,22,25). The molecule has 128 valence electrons. The summed E-state index contributed by atoms with van der Waals surface area (Å²) >= 11 is 6.12. The maximum atomic E-state index is 12.2. The number of hydrogen-bond acceptors (Lipinski definition) is 3. The first-order valence-electron chi connectivity index (χ1n) is 7.76. The van der Waals surface area contributed by atoms with E-state index in [1.54, 1.807) is 42.5 Å². The Bertz CT molecular complexity index is 843. The molecule has 0 bridgehead atoms. The molecule has 2 aromatic rings. The molecule has 0 saturated heterocycles. The Hall–Kier alpha value is -2.84. The summed E-state index contributed by atoms with van der Waals surface area (Å²) in [5.41, 5.74) is 2.33. The van der Waals surface area contributed by atoms with Gasteiger partial charge in [-0.15, -0.1) is 0 Å². The fraction of sp³-hybridized carbons (Fsp3) is 0.211. The second kappa shape index (κ2) is 8.32. The fourth-order valence-corrected chi connectivity index (χ4v) is 2.62. The predicted octanol–water partition coefficient (Wildman–Crippen LogP) is 3.90. The van der Waals surface area contributed by atoms with Gasteiger partial charge < -0.3 is 10.2 Å². The number of hydrogen-bond donors (Lipinski definition) is 1. The first kappa shape index (κ1) is 18.5. The molecule has 0 aliphatic heterocycles. The molecule has 25 heavy (non-hydrogen) atoms. The van der Waals surface area contributed by atoms with Crippen molar-refractivity contribution in [3.8, 4) is 6.07 Å². The molecule has 6 heteroatoms. The molecule has 0 spiro atoms. The molecule has 5 nitrogen and oxygen atoms in total. The second-order valence-electron chi connectivity index (χ2n) is 5.51. The van der Waals surface area contributed by atoms with E-state index in [-0.39, 0.29) is 24.8 Å². The van der Waals surface area contributed by atoms with Crippen molar-refractivity contribution in [1.29, 1.82) is 5.26 Å². The smallest absolute Gasteiger partial charge is 0.226 e. The van der Waals surface area contributed by atoms with Crippen molar-refractivity contribution >= 4 is 34.8 Å². The molecule has 0 fully saturated rings. The maximum Gasteiger partial charge on any atom is 0.226 e. The monoisotopic (exact) mass is 355 g/mol. The van der Waals surface area contributed by atoms with Crippen LogP contribution >= 0.6 is 11.6 Å². The molecule has 2 aromatic carbocycles. The summed E-state index contributed by atoms with van der Waals surface area (Å²) in [7, 11) is 0. The summed E-state index contributed by atoms with van der Waals surface area (Å²) in [6, 6.07) is 14.1. The van der Waals surface area contributed by atoms with Crippen LogP contribution in [0.4, 0.5) is 11.4 Å². The van der Waals surface area contributed by atoms with Gasteiger partial charge in [0.1, 0.15) is 6.07 Å². The van der Waals surface area contributed by atoms with Gasteiger partial charge in [0.25, 0.3) is 0 Å². The quantitative estimate of drug-likeness (QED) is 0.883. The van der Waals surface area contributed by atoms with Gasteiger partial charge in [-0.25, -0.2) is 0 Å². The van der Waals surface area contributed by atoms with Crippen molar-refractivity contribution in [3.63, 3.8) is 0 Å². The van der Waals surface area contributed by atoms with Crippen LogP contribution in [0, 0.1) is 18.3 Å². The van der Waals surface area contributed by atoms with Gasteiger partial charge in [0.2, 0.25) is 11.8 Å². The third kappa shape index (κ3) is 4.59. The average Bonchev–Trinajstić information content (AvgIpc) is 2.59. The van der Waals surface area contributed by atoms with E-state index < -0.39 is 0 Å². The summed E-state index contributed by atoms with van der Waals surface area (Å²) in [6.07, 6.45) is 0.102. The van der Waals surface area contributed by atoms with Gasteiger partial charge in [0.05, 0.1) is 11.3 Å². The third-order valence-electron chi connectivity index (χ3n) is 3.79. The van der Waals surface area contributed by atoms with Gasteiger partial charge in [-0.3, -0.25) is 9.59 Å². The van der Waals surface area contributed by atoms with Gasteiger partial charge in [0.15, 0.2) is 0 Å². The summed E-state index contributed by atoms with van der Waals surface area (Å²) < 4.78 is 0. The zero-order chi connectivity index (χ0) is 18.4. The number of anilines is 2. The highest BCUT2D eigenvalue weighted by Gasteiger charge is 2.17. The van der Waals surface area contributed by atoms with Crippen molar-refractivity contribution in [1.82, 2.24) is 0 Å². The molecule has 1 N–H and O–H groups in total. The number of nitrogens with zero attached hydrogens (tertiary/aromatic N) is 2. The molecule has 0 saturated carbocycles. The molecule has 0 radical (unpaired) electrons. The highest BCUT2D eigenvalue weighted by molar-refractivity contribution is 6.31. The summed E-state index contributed by atoms with van der Waals surface area (Å²) in [4.78, 5) is 25.7. The molecule has 2 amide bonds. The number of carbonyl (C=O) groups is 2. The Morgan fingerprint density at radius 2 is 1.92 bits per heavy atom. The Morgan fingerprint density at radius 1 is 1.20 bits per heavy atom. The summed E-state index contributed by atoms with van der Waals surface area (Å²) in [6.45, 7) is 3.50. The molecular weight excluding hydrogens is 338 g/mol. The minimum absolute atomic E-state index is 0.102. The fourth-order valence-electron chi connectivity index (χ4n) is 2.45. The van der Waals surface area contributed by atoms with Crippen molar-refractivity contribution < 1.29 is 9.59 Å². The highest BCUT2D eigenvalue weighted by Crippen LogP contribution is 2.27. The van der Waals surface area contributed by atoms with Crippen LogP contribution in [0.2, 0.25) is 5.02 Å². The Balaban J connectivity index is 2.09. The summed E-state index contributed by atoms with van der Waals surface area (Å²) in [5, 5.41) is 12.3. The molecule has 2 rings (SSSR count). The van der Waals surface area contributed by atoms with Crippen LogP contribution in [0.15, 0.2) is 42.5 Å². The number of carbonyl (C=O) groups excluding carboxylic acids is 2. The molecular formula is C19H18ClN3O2. The number of halogens is 1. The number of rotatable bonds is 5. The minimum Gasteiger partial charge on any atom is -0.325 e. The lowest BCUT2D eigenvalue weighted by Crippen LogP contribution is -2.32. The number of para-hydroxylation sites is 1. The predicted molar refractivity (Wildman–Crippen MR) is 98.6 cm³/mol. The zero-order valence-corrected chi connectivity index (χ0v) is 14.8. The van der Waals surface area contributed by atoms with E-state index in [1.807, 2.05) is 13.0 Å². The van der Waals surface area contributed by atoms with Crippen molar-refractivity contribution in [2.45, 2.75) is 20.3 Å². The van der Waals surface area contributed by atoms with Crippen LogP contribution in [0.3, 0.4) is 0 Å². The molecule has 0 unspecified atom stereocenters. The molecule has 0 aliphatic carbocycles. The lowest BCUT2D eigenvalue weighted by molar-refractivity contribution is -0.117. The normalized spacial score (nSPS) is 10.0. The number of nitriles is 1. The first-order valence-corrected chi connectivity index (χ1v) is 8.14. The van der Waals surface area contributed by atoms with E-state index in [4.69, 9.17) is 16.9 Å². The van der Waals surface area contributed by atoms with Gasteiger partial charge in [0, 0.05) is 30.6 Å². The Labute approximate surface area is 151 Å². The van der Waals surface area contributed by atoms with Crippen LogP contribution < -0.4 is 10.2 Å². The number of benzene rings is 2. The minimum atomic E-state index is -0.270. The first-order chi connectivity index (χ1) is 11.9. The molecule has 0 heterocycles. The van der Waals surface area contributed by atoms with E-state index in [0.29, 0.717) is 22.0 Å². The van der Waals surface area contributed by atoms with Crippen LogP contribution in [0.25, 0.3) is 0 Å². The SMILES string of the molecule is CC(=O)N(CCC(=O)Nc1ccccc1C#N)c1cccc(Cl)c1C. The molecule has 0 atom stereocenters. The van der Waals surface area contributed by atoms with Crippen molar-refractivity contribution in [3.05, 3.63) is 58.6 Å². The average molecular weight is 356 g/mol. The number of amides is 2. The summed E-state index contributed by atoms with van der Waals surface area (Å²) in [5.74, 6) is -0.441. The molecule has 0 aliphatic rings. The van der Waals surface area contributed by atoms with Gasteiger partial charge >= 0.3 is 0 Å². The Kier molecular flexibility index (Phi) is 6.15. The van der Waals surface area contributed by atoms with E-state index in [1.165, 1.54) is 11.8 Å². The Morgan fingerprint density at radius 3 is 2.60 bits per heavy atom. The largest absolute Gasteiger partial charge is 0.325 e. The second-order valence-corrected chi connectivity index (χ2v) is 5.92. The van der Waals surface area contributed by atoms with Crippen LogP contribution in [-0.4, -0.2) is 18.4 Å². The lowest BCUT2D eigenvalue weighted by atomic mass is 10.1. The van der Waals surface area contributed by atoms with Crippen molar-refractivity contribution in [2.24, 2.45) is 0 Å². The number of nitrogens with one attached hydrogen (secondary N) is 1. The van der Waals surface area contributed by atoms with Gasteiger partial charge in [-0.2, -0.15) is 5.26 Å². The zero-order valence-electron chi connectivity index (χ0n) is 14.0. The maximum absolute atomic E-state index is 12.2. The van der Waals surface area contributed by atoms with E-state index in [0.717, 1.165) is 5.56 Å². The van der Waals surface area contributed by atoms with Crippen molar-refractivity contribution in [2.75, 3.05) is 16.8 Å². The van der Waals surface area contributed by atoms with E-state index >= 15 is 0 Å². The van der Waals surface area contributed by atoms with Gasteiger partial charge in [-0.1, -0.05) is 29.8 Å². The topological polar surface area (TPSA) is 73.2 Å². The van der Waals surface area contributed by atoms with Crippen LogP contribution in [0.1, 0.15) is 24.5 Å². The third-order valence-corrected chi connectivity index (χ3v) is 4.20. The van der Waals surface area contributed by atoms with E-state index in [2.05, 4.69) is 5.32 Å². The van der Waals surface area contributed by atoms with Crippen LogP contribution in [-0.2, 0) is 9.59 Å². The lowest BCUT2D eigenvalue weighted by Gasteiger charge is -2.23. The van der Waals surface area contributed by atoms with E-state index in [9.17, 15) is 9.59 Å². The highest BCUT2D eigenvalue weighted by atomic mass is 35.5. The van der Waals surface area contributed by atoms with Crippen LogP contribution in [0.5, 0.6) is 0 Å². The van der Waals surface area contributed by atoms with Gasteiger partial charge in [-0.05, 0) is 36.8 Å². The molecule has 0 aromatic heterocycles.